The lowest BCUT2D eigenvalue weighted by Crippen LogP contribution is -2.17. The molecule has 2 heteroatoms. The number of halogens is 1. The van der Waals surface area contributed by atoms with E-state index in [1.807, 2.05) is 0 Å². The molecule has 0 spiro atoms. The zero-order valence-corrected chi connectivity index (χ0v) is 8.56. The Kier molecular flexibility index (Phi) is 4.70. The Morgan fingerprint density at radius 3 is 2.70 bits per heavy atom. The van der Waals surface area contributed by atoms with Gasteiger partial charge >= 0.3 is 0 Å². The summed E-state index contributed by atoms with van der Waals surface area (Å²) in [5.41, 5.74) is 0. The van der Waals surface area contributed by atoms with E-state index in [-0.39, 0.29) is 0 Å². The monoisotopic (exact) mass is 253 g/mol. The average Bonchev–Trinajstić information content (AvgIpc) is 2.71. The zero-order chi connectivity index (χ0) is 7.23. The molecular formula is C8H16IN. The molecule has 1 rings (SSSR count). The van der Waals surface area contributed by atoms with E-state index in [0.717, 1.165) is 5.92 Å². The number of hydrogen-bond donors (Lipinski definition) is 1. The van der Waals surface area contributed by atoms with Gasteiger partial charge in [-0.25, -0.2) is 0 Å². The molecule has 0 aromatic rings. The lowest BCUT2D eigenvalue weighted by atomic mass is 10.3. The van der Waals surface area contributed by atoms with Gasteiger partial charge in [0.2, 0.25) is 0 Å². The highest BCUT2D eigenvalue weighted by Gasteiger charge is 2.19. The molecule has 0 bridgehead atoms. The fourth-order valence-electron chi connectivity index (χ4n) is 0.973. The van der Waals surface area contributed by atoms with Gasteiger partial charge in [-0.2, -0.15) is 0 Å². The van der Waals surface area contributed by atoms with Gasteiger partial charge in [0.1, 0.15) is 0 Å². The van der Waals surface area contributed by atoms with Crippen LogP contribution in [0.15, 0.2) is 0 Å². The van der Waals surface area contributed by atoms with E-state index in [1.54, 1.807) is 0 Å². The van der Waals surface area contributed by atoms with Crippen molar-refractivity contribution < 1.29 is 0 Å². The molecule has 0 aromatic heterocycles. The fourth-order valence-corrected chi connectivity index (χ4v) is 1.51. The number of unbranched alkanes of at least 4 members (excludes halogenated alkanes) is 1. The van der Waals surface area contributed by atoms with Gasteiger partial charge in [0.15, 0.2) is 0 Å². The summed E-state index contributed by atoms with van der Waals surface area (Å²) < 4.78 is 1.31. The van der Waals surface area contributed by atoms with Crippen LogP contribution in [-0.2, 0) is 0 Å². The summed E-state index contributed by atoms with van der Waals surface area (Å²) >= 11 is 2.44. The highest BCUT2D eigenvalue weighted by atomic mass is 127. The molecule has 0 unspecified atom stereocenters. The predicted molar refractivity (Wildman–Crippen MR) is 53.7 cm³/mol. The first kappa shape index (κ1) is 8.78. The van der Waals surface area contributed by atoms with Crippen LogP contribution in [-0.4, -0.2) is 17.5 Å². The van der Waals surface area contributed by atoms with Crippen molar-refractivity contribution in [2.75, 3.05) is 17.5 Å². The molecule has 1 aliphatic rings. The summed E-state index contributed by atoms with van der Waals surface area (Å²) in [5, 5.41) is 3.48. The highest BCUT2D eigenvalue weighted by Crippen LogP contribution is 2.27. The normalized spacial score (nSPS) is 17.7. The molecule has 1 fully saturated rings. The number of hydrogen-bond acceptors (Lipinski definition) is 1. The van der Waals surface area contributed by atoms with E-state index in [0.29, 0.717) is 0 Å². The molecule has 0 aromatic carbocycles. The quantitative estimate of drug-likeness (QED) is 0.434. The molecule has 10 heavy (non-hydrogen) atoms. The second kappa shape index (κ2) is 5.35. The van der Waals surface area contributed by atoms with Gasteiger partial charge in [-0.3, -0.25) is 0 Å². The summed E-state index contributed by atoms with van der Waals surface area (Å²) in [6.45, 7) is 2.51. The van der Waals surface area contributed by atoms with Crippen molar-refractivity contribution in [3.8, 4) is 0 Å². The number of rotatable bonds is 6. The topological polar surface area (TPSA) is 12.0 Å². The Labute approximate surface area is 77.1 Å². The molecule has 0 heterocycles. The molecular weight excluding hydrogens is 237 g/mol. The zero-order valence-electron chi connectivity index (χ0n) is 6.41. The van der Waals surface area contributed by atoms with Gasteiger partial charge in [-0.15, -0.1) is 0 Å². The first-order valence-electron chi connectivity index (χ1n) is 4.20. The molecule has 1 saturated carbocycles. The predicted octanol–water partition coefficient (Wildman–Crippen LogP) is 2.20. The number of nitrogens with one attached hydrogen (secondary N) is 1. The molecule has 60 valence electrons. The van der Waals surface area contributed by atoms with Gasteiger partial charge in [0, 0.05) is 0 Å². The van der Waals surface area contributed by atoms with Gasteiger partial charge in [-0.05, 0) is 49.1 Å². The van der Waals surface area contributed by atoms with Gasteiger partial charge in [-0.1, -0.05) is 22.6 Å². The Hall–Kier alpha value is 0.690. The molecule has 0 saturated heterocycles. The molecule has 1 aliphatic carbocycles. The number of alkyl halides is 1. The van der Waals surface area contributed by atoms with Crippen LogP contribution in [0.4, 0.5) is 0 Å². The third kappa shape index (κ3) is 4.50. The lowest BCUT2D eigenvalue weighted by Gasteiger charge is -2.00. The molecule has 0 amide bonds. The molecule has 1 N–H and O–H groups in total. The minimum Gasteiger partial charge on any atom is -0.316 e. The van der Waals surface area contributed by atoms with Crippen molar-refractivity contribution >= 4 is 22.6 Å². The second-order valence-corrected chi connectivity index (χ2v) is 4.12. The van der Waals surface area contributed by atoms with Crippen molar-refractivity contribution in [3.05, 3.63) is 0 Å². The van der Waals surface area contributed by atoms with E-state index < -0.39 is 0 Å². The van der Waals surface area contributed by atoms with E-state index in [1.165, 1.54) is 43.2 Å². The Morgan fingerprint density at radius 1 is 1.30 bits per heavy atom. The van der Waals surface area contributed by atoms with Crippen LogP contribution in [0.2, 0.25) is 0 Å². The summed E-state index contributed by atoms with van der Waals surface area (Å²) in [7, 11) is 0. The SMILES string of the molecule is ICCCCNCC1CC1. The molecule has 0 radical (unpaired) electrons. The lowest BCUT2D eigenvalue weighted by molar-refractivity contribution is 0.610. The highest BCUT2D eigenvalue weighted by molar-refractivity contribution is 14.1. The van der Waals surface area contributed by atoms with Crippen molar-refractivity contribution in [1.82, 2.24) is 5.32 Å². The largest absolute Gasteiger partial charge is 0.316 e. The standard InChI is InChI=1S/C8H16IN/c9-5-1-2-6-10-7-8-3-4-8/h8,10H,1-7H2. The van der Waals surface area contributed by atoms with Crippen LogP contribution in [0.5, 0.6) is 0 Å². The summed E-state index contributed by atoms with van der Waals surface area (Å²) in [4.78, 5) is 0. The molecule has 1 nitrogen and oxygen atoms in total. The maximum atomic E-state index is 3.48. The van der Waals surface area contributed by atoms with E-state index in [4.69, 9.17) is 0 Å². The maximum absolute atomic E-state index is 3.48. The second-order valence-electron chi connectivity index (χ2n) is 3.04. The summed E-state index contributed by atoms with van der Waals surface area (Å²) in [6, 6.07) is 0. The van der Waals surface area contributed by atoms with Crippen LogP contribution in [0.1, 0.15) is 25.7 Å². The molecule has 0 atom stereocenters. The van der Waals surface area contributed by atoms with Crippen molar-refractivity contribution in [2.24, 2.45) is 5.92 Å². The Bertz CT molecular complexity index is 81.3. The van der Waals surface area contributed by atoms with Crippen molar-refractivity contribution in [1.29, 1.82) is 0 Å². The minimum atomic E-state index is 1.04. The summed E-state index contributed by atoms with van der Waals surface area (Å²) in [6.07, 6.45) is 5.67. The van der Waals surface area contributed by atoms with Gasteiger partial charge in [0.05, 0.1) is 0 Å². The van der Waals surface area contributed by atoms with Gasteiger partial charge < -0.3 is 5.32 Å². The Balaban J connectivity index is 1.68. The van der Waals surface area contributed by atoms with Crippen LogP contribution >= 0.6 is 22.6 Å². The van der Waals surface area contributed by atoms with Crippen LogP contribution in [0.25, 0.3) is 0 Å². The van der Waals surface area contributed by atoms with Crippen molar-refractivity contribution in [2.45, 2.75) is 25.7 Å². The van der Waals surface area contributed by atoms with E-state index in [9.17, 15) is 0 Å². The maximum Gasteiger partial charge on any atom is -0.000426 e. The minimum absolute atomic E-state index is 1.04. The van der Waals surface area contributed by atoms with Crippen molar-refractivity contribution in [3.63, 3.8) is 0 Å². The van der Waals surface area contributed by atoms with E-state index in [2.05, 4.69) is 27.9 Å². The Morgan fingerprint density at radius 2 is 2.10 bits per heavy atom. The van der Waals surface area contributed by atoms with Crippen LogP contribution in [0.3, 0.4) is 0 Å². The first-order chi connectivity index (χ1) is 4.93. The first-order valence-corrected chi connectivity index (χ1v) is 5.72. The van der Waals surface area contributed by atoms with Crippen LogP contribution < -0.4 is 5.32 Å². The van der Waals surface area contributed by atoms with Crippen LogP contribution in [0, 0.1) is 5.92 Å². The average molecular weight is 253 g/mol. The third-order valence-electron chi connectivity index (χ3n) is 1.87. The van der Waals surface area contributed by atoms with E-state index >= 15 is 0 Å². The molecule has 0 aliphatic heterocycles. The third-order valence-corrected chi connectivity index (χ3v) is 2.63. The smallest absolute Gasteiger partial charge is 0.000426 e. The fraction of sp³-hybridized carbons (Fsp3) is 1.00. The van der Waals surface area contributed by atoms with Gasteiger partial charge in [0.25, 0.3) is 0 Å². The summed E-state index contributed by atoms with van der Waals surface area (Å²) in [5.74, 6) is 1.04.